The maximum atomic E-state index is 13.9. The second-order valence-corrected chi connectivity index (χ2v) is 6.47. The third-order valence-corrected chi connectivity index (χ3v) is 4.62. The molecule has 24 heavy (non-hydrogen) atoms. The summed E-state index contributed by atoms with van der Waals surface area (Å²) in [5.41, 5.74) is 1.75. The quantitative estimate of drug-likeness (QED) is 0.836. The number of nitrogens with zero attached hydrogens (tertiary/aromatic N) is 1. The molecule has 0 saturated carbocycles. The summed E-state index contributed by atoms with van der Waals surface area (Å²) in [5, 5.41) is 0.431. The van der Waals surface area contributed by atoms with Gasteiger partial charge < -0.3 is 4.90 Å². The monoisotopic (exact) mass is 345 g/mol. The average molecular weight is 346 g/mol. The van der Waals surface area contributed by atoms with Crippen molar-refractivity contribution in [1.82, 2.24) is 4.90 Å². The summed E-state index contributed by atoms with van der Waals surface area (Å²) < 4.78 is 13.9. The summed E-state index contributed by atoms with van der Waals surface area (Å²) in [6.07, 6.45) is 0.837. The van der Waals surface area contributed by atoms with Crippen molar-refractivity contribution in [3.05, 3.63) is 70.0 Å². The van der Waals surface area contributed by atoms with E-state index >= 15 is 0 Å². The Morgan fingerprint density at radius 1 is 1.29 bits per heavy atom. The molecule has 3 nitrogen and oxygen atoms in total. The van der Waals surface area contributed by atoms with Crippen molar-refractivity contribution in [3.8, 4) is 0 Å². The Hall–Kier alpha value is -2.20. The average Bonchev–Trinajstić information content (AvgIpc) is 2.58. The minimum atomic E-state index is -0.390. The lowest BCUT2D eigenvalue weighted by Crippen LogP contribution is -2.34. The number of ketones is 1. The predicted molar refractivity (Wildman–Crippen MR) is 90.6 cm³/mol. The molecule has 0 unspecified atom stereocenters. The number of Topliss-reactive ketones (excluding diaryl/α,β-unsaturated/α-hetero) is 1. The van der Waals surface area contributed by atoms with E-state index < -0.39 is 5.82 Å². The molecule has 2 aromatic carbocycles. The van der Waals surface area contributed by atoms with Crippen LogP contribution in [0.5, 0.6) is 0 Å². The molecule has 124 valence electrons. The van der Waals surface area contributed by atoms with Gasteiger partial charge in [-0.2, -0.15) is 0 Å². The number of likely N-dealkylation sites (N-methyl/N-ethyl adjacent to an activating group) is 1. The van der Waals surface area contributed by atoms with Crippen molar-refractivity contribution in [2.45, 2.75) is 25.3 Å². The summed E-state index contributed by atoms with van der Waals surface area (Å²) in [7, 11) is 1.64. The topological polar surface area (TPSA) is 37.4 Å². The molecular formula is C19H17ClFNO2. The van der Waals surface area contributed by atoms with Crippen molar-refractivity contribution >= 4 is 23.3 Å². The smallest absolute Gasteiger partial charge is 0.230 e. The number of amides is 1. The first-order valence-electron chi connectivity index (χ1n) is 7.78. The maximum absolute atomic E-state index is 13.9. The molecule has 1 atom stereocenters. The summed E-state index contributed by atoms with van der Waals surface area (Å²) in [4.78, 5) is 26.3. The third kappa shape index (κ3) is 3.20. The van der Waals surface area contributed by atoms with Crippen LogP contribution in [0.15, 0.2) is 42.5 Å². The molecule has 3 rings (SSSR count). The lowest BCUT2D eigenvalue weighted by Gasteiger charge is -2.28. The number of benzene rings is 2. The molecule has 0 saturated heterocycles. The molecule has 0 spiro atoms. The van der Waals surface area contributed by atoms with Crippen molar-refractivity contribution in [2.24, 2.45) is 0 Å². The molecule has 2 aromatic rings. The van der Waals surface area contributed by atoms with Gasteiger partial charge in [-0.05, 0) is 30.2 Å². The normalized spacial score (nSPS) is 16.6. The molecule has 0 N–H and O–H groups in total. The zero-order valence-corrected chi connectivity index (χ0v) is 14.0. The lowest BCUT2D eigenvalue weighted by atomic mass is 9.81. The Morgan fingerprint density at radius 3 is 2.83 bits per heavy atom. The molecule has 0 bridgehead atoms. The third-order valence-electron chi connectivity index (χ3n) is 4.39. The van der Waals surface area contributed by atoms with E-state index in [1.54, 1.807) is 19.2 Å². The number of halogens is 2. The number of hydrogen-bond donors (Lipinski definition) is 0. The Balaban J connectivity index is 1.83. The van der Waals surface area contributed by atoms with Gasteiger partial charge in [0, 0.05) is 36.2 Å². The van der Waals surface area contributed by atoms with Crippen LogP contribution < -0.4 is 0 Å². The van der Waals surface area contributed by atoms with Crippen LogP contribution in [-0.4, -0.2) is 23.6 Å². The number of carbonyl (C=O) groups excluding carboxylic acids is 2. The van der Waals surface area contributed by atoms with E-state index in [1.807, 2.05) is 12.1 Å². The molecular weight excluding hydrogens is 329 g/mol. The zero-order valence-electron chi connectivity index (χ0n) is 13.3. The first kappa shape index (κ1) is 16.7. The molecule has 0 fully saturated rings. The van der Waals surface area contributed by atoms with Gasteiger partial charge in [0.05, 0.1) is 5.92 Å². The highest BCUT2D eigenvalue weighted by molar-refractivity contribution is 6.30. The van der Waals surface area contributed by atoms with Gasteiger partial charge >= 0.3 is 0 Å². The molecule has 0 heterocycles. The molecule has 0 radical (unpaired) electrons. The van der Waals surface area contributed by atoms with Crippen LogP contribution in [0.25, 0.3) is 0 Å². The SMILES string of the molecule is CN(Cc1cc(Cl)ccc1F)C(=O)[C@@H]1CCC(=O)c2ccccc21. The fraction of sp³-hybridized carbons (Fsp3) is 0.263. The van der Waals surface area contributed by atoms with E-state index in [0.29, 0.717) is 29.0 Å². The van der Waals surface area contributed by atoms with E-state index in [1.165, 1.54) is 23.1 Å². The minimum Gasteiger partial charge on any atom is -0.341 e. The highest BCUT2D eigenvalue weighted by Crippen LogP contribution is 2.33. The Labute approximate surface area is 145 Å². The molecule has 1 amide bonds. The van der Waals surface area contributed by atoms with Crippen molar-refractivity contribution in [3.63, 3.8) is 0 Å². The number of fused-ring (bicyclic) bond motifs is 1. The largest absolute Gasteiger partial charge is 0.341 e. The van der Waals surface area contributed by atoms with Gasteiger partial charge in [0.2, 0.25) is 5.91 Å². The summed E-state index contributed by atoms with van der Waals surface area (Å²) >= 11 is 5.90. The van der Waals surface area contributed by atoms with E-state index in [0.717, 1.165) is 5.56 Å². The van der Waals surface area contributed by atoms with Gasteiger partial charge in [-0.3, -0.25) is 9.59 Å². The van der Waals surface area contributed by atoms with Crippen molar-refractivity contribution in [2.75, 3.05) is 7.05 Å². The number of carbonyl (C=O) groups is 2. The number of rotatable bonds is 3. The zero-order chi connectivity index (χ0) is 17.3. The standard InChI is InChI=1S/C19H17ClFNO2/c1-22(11-12-10-13(20)6-8-17(12)21)19(24)16-7-9-18(23)15-5-3-2-4-14(15)16/h2-6,8,10,16H,7,9,11H2,1H3/t16-/m1/s1. The second-order valence-electron chi connectivity index (χ2n) is 6.03. The summed E-state index contributed by atoms with van der Waals surface area (Å²) in [5.74, 6) is -0.808. The van der Waals surface area contributed by atoms with Crippen LogP contribution in [0.3, 0.4) is 0 Å². The molecule has 0 aliphatic heterocycles. The number of hydrogen-bond acceptors (Lipinski definition) is 2. The summed E-state index contributed by atoms with van der Waals surface area (Å²) in [6.45, 7) is 0.137. The first-order chi connectivity index (χ1) is 11.5. The van der Waals surface area contributed by atoms with Crippen molar-refractivity contribution < 1.29 is 14.0 Å². The van der Waals surface area contributed by atoms with Crippen LogP contribution >= 0.6 is 11.6 Å². The lowest BCUT2D eigenvalue weighted by molar-refractivity contribution is -0.132. The van der Waals surface area contributed by atoms with Crippen LogP contribution in [0.4, 0.5) is 4.39 Å². The first-order valence-corrected chi connectivity index (χ1v) is 8.16. The molecule has 0 aromatic heterocycles. The van der Waals surface area contributed by atoms with Gasteiger partial charge in [0.15, 0.2) is 5.78 Å². The van der Waals surface area contributed by atoms with Gasteiger partial charge in [-0.15, -0.1) is 0 Å². The van der Waals surface area contributed by atoms with Crippen molar-refractivity contribution in [1.29, 1.82) is 0 Å². The van der Waals surface area contributed by atoms with Crippen LogP contribution in [-0.2, 0) is 11.3 Å². The Bertz CT molecular complexity index is 806. The van der Waals surface area contributed by atoms with E-state index in [4.69, 9.17) is 11.6 Å². The van der Waals surface area contributed by atoms with Gasteiger partial charge in [-0.1, -0.05) is 35.9 Å². The fourth-order valence-corrected chi connectivity index (χ4v) is 3.34. The fourth-order valence-electron chi connectivity index (χ4n) is 3.14. The Kier molecular flexibility index (Phi) is 4.67. The maximum Gasteiger partial charge on any atom is 0.230 e. The minimum absolute atomic E-state index is 0.0678. The van der Waals surface area contributed by atoms with E-state index in [2.05, 4.69) is 0 Å². The van der Waals surface area contributed by atoms with Crippen LogP contribution in [0.2, 0.25) is 5.02 Å². The van der Waals surface area contributed by atoms with Crippen LogP contribution in [0, 0.1) is 5.82 Å². The van der Waals surface area contributed by atoms with E-state index in [-0.39, 0.29) is 24.2 Å². The predicted octanol–water partition coefficient (Wildman–Crippen LogP) is 4.20. The Morgan fingerprint density at radius 2 is 2.04 bits per heavy atom. The molecule has 5 heteroatoms. The summed E-state index contributed by atoms with van der Waals surface area (Å²) in [6, 6.07) is 11.5. The van der Waals surface area contributed by atoms with E-state index in [9.17, 15) is 14.0 Å². The van der Waals surface area contributed by atoms with Gasteiger partial charge in [0.25, 0.3) is 0 Å². The van der Waals surface area contributed by atoms with Gasteiger partial charge in [0.1, 0.15) is 5.82 Å². The molecule has 1 aliphatic carbocycles. The van der Waals surface area contributed by atoms with Gasteiger partial charge in [-0.25, -0.2) is 4.39 Å². The van der Waals surface area contributed by atoms with Crippen LogP contribution in [0.1, 0.15) is 40.2 Å². The second kappa shape index (κ2) is 6.73. The highest BCUT2D eigenvalue weighted by Gasteiger charge is 2.32. The highest BCUT2D eigenvalue weighted by atomic mass is 35.5. The molecule has 1 aliphatic rings.